The second kappa shape index (κ2) is 12.1. The van der Waals surface area contributed by atoms with Crippen LogP contribution in [-0.2, 0) is 25.7 Å². The van der Waals surface area contributed by atoms with E-state index in [1.165, 1.54) is 6.07 Å². The summed E-state index contributed by atoms with van der Waals surface area (Å²) < 4.78 is 62.1. The van der Waals surface area contributed by atoms with E-state index < -0.39 is 23.6 Å². The second-order valence-corrected chi connectivity index (χ2v) is 11.1. The average Bonchev–Trinajstić information content (AvgIpc) is 3.30. The van der Waals surface area contributed by atoms with E-state index in [0.29, 0.717) is 49.5 Å². The lowest BCUT2D eigenvalue weighted by molar-refractivity contribution is -0.137. The Bertz CT molecular complexity index is 1630. The average molecular weight is 596 g/mol. The van der Waals surface area contributed by atoms with Crippen molar-refractivity contribution in [3.63, 3.8) is 0 Å². The Hall–Kier alpha value is -4.38. The molecule has 0 radical (unpaired) electrons. The molecule has 226 valence electrons. The number of ether oxygens (including phenoxy) is 1. The molecule has 2 heterocycles. The van der Waals surface area contributed by atoms with Crippen LogP contribution in [0.2, 0.25) is 0 Å². The summed E-state index contributed by atoms with van der Waals surface area (Å²) in [7, 11) is 0. The monoisotopic (exact) mass is 595 g/mol. The molecule has 3 aromatic carbocycles. The molecule has 1 aliphatic heterocycles. The number of urea groups is 1. The first-order chi connectivity index (χ1) is 20.4. The zero-order valence-corrected chi connectivity index (χ0v) is 24.1. The summed E-state index contributed by atoms with van der Waals surface area (Å²) in [6.07, 6.45) is -4.05. The number of nitrogens with zero attached hydrogens (tertiary/aromatic N) is 3. The quantitative estimate of drug-likeness (QED) is 0.213. The number of halogens is 4. The molecule has 43 heavy (non-hydrogen) atoms. The maximum absolute atomic E-state index is 14.8. The van der Waals surface area contributed by atoms with Crippen LogP contribution in [0, 0.1) is 18.7 Å². The Morgan fingerprint density at radius 2 is 1.86 bits per heavy atom. The van der Waals surface area contributed by atoms with Crippen molar-refractivity contribution in [2.45, 2.75) is 46.5 Å². The number of benzene rings is 3. The van der Waals surface area contributed by atoms with E-state index >= 15 is 0 Å². The zero-order chi connectivity index (χ0) is 30.9. The summed E-state index contributed by atoms with van der Waals surface area (Å²) in [5, 5.41) is 7.60. The number of nitrogens with one attached hydrogen (secondary N) is 1. The molecular formula is C32H33F4N5O2. The van der Waals surface area contributed by atoms with Crippen molar-refractivity contribution < 1.29 is 27.1 Å². The van der Waals surface area contributed by atoms with E-state index in [-0.39, 0.29) is 12.1 Å². The molecule has 4 aromatic rings. The van der Waals surface area contributed by atoms with Crippen molar-refractivity contribution in [3.05, 3.63) is 94.4 Å². The third-order valence-corrected chi connectivity index (χ3v) is 7.30. The van der Waals surface area contributed by atoms with Crippen molar-refractivity contribution in [1.29, 1.82) is 0 Å². The summed E-state index contributed by atoms with van der Waals surface area (Å²) in [5.41, 5.74) is 10.2. The number of aryl methyl sites for hydroxylation is 1. The smallest absolute Gasteiger partial charge is 0.416 e. The fourth-order valence-electron chi connectivity index (χ4n) is 5.25. The van der Waals surface area contributed by atoms with Crippen LogP contribution in [-0.4, -0.2) is 33.9 Å². The molecule has 1 aromatic heterocycles. The third kappa shape index (κ3) is 6.67. The van der Waals surface area contributed by atoms with Crippen LogP contribution < -0.4 is 15.8 Å². The Kier molecular flexibility index (Phi) is 8.45. The van der Waals surface area contributed by atoms with Crippen LogP contribution in [0.15, 0.2) is 60.7 Å². The fourth-order valence-corrected chi connectivity index (χ4v) is 5.25. The van der Waals surface area contributed by atoms with Crippen LogP contribution in [0.3, 0.4) is 0 Å². The Morgan fingerprint density at radius 3 is 2.51 bits per heavy atom. The van der Waals surface area contributed by atoms with E-state index in [1.54, 1.807) is 12.1 Å². The lowest BCUT2D eigenvalue weighted by atomic mass is 9.99. The number of carbonyl (C=O) groups excluding carboxylic acids is 1. The Labute approximate surface area is 247 Å². The van der Waals surface area contributed by atoms with Crippen molar-refractivity contribution in [3.8, 4) is 22.7 Å². The lowest BCUT2D eigenvalue weighted by Crippen LogP contribution is -2.30. The summed E-state index contributed by atoms with van der Waals surface area (Å²) in [4.78, 5) is 13.4. The molecule has 5 rings (SSSR count). The fraction of sp³-hybridized carbons (Fsp3) is 0.312. The minimum Gasteiger partial charge on any atom is -0.491 e. The van der Waals surface area contributed by atoms with Gasteiger partial charge in [0, 0.05) is 48.4 Å². The van der Waals surface area contributed by atoms with Gasteiger partial charge in [0.05, 0.1) is 23.6 Å². The first-order valence-corrected chi connectivity index (χ1v) is 14.0. The van der Waals surface area contributed by atoms with Crippen molar-refractivity contribution in [2.75, 3.05) is 18.5 Å². The van der Waals surface area contributed by atoms with Crippen molar-refractivity contribution in [1.82, 2.24) is 14.7 Å². The number of rotatable bonds is 8. The topological polar surface area (TPSA) is 85.4 Å². The van der Waals surface area contributed by atoms with Crippen LogP contribution in [0.25, 0.3) is 16.9 Å². The summed E-state index contributed by atoms with van der Waals surface area (Å²) >= 11 is 0. The van der Waals surface area contributed by atoms with E-state index in [1.807, 2.05) is 46.8 Å². The number of primary amides is 1. The van der Waals surface area contributed by atoms with Gasteiger partial charge in [-0.3, -0.25) is 4.90 Å². The van der Waals surface area contributed by atoms with Crippen molar-refractivity contribution in [2.24, 2.45) is 11.7 Å². The third-order valence-electron chi connectivity index (χ3n) is 7.30. The van der Waals surface area contributed by atoms with Crippen LogP contribution >= 0.6 is 0 Å². The number of fused-ring (bicyclic) bond motifs is 1. The van der Waals surface area contributed by atoms with Gasteiger partial charge in [-0.25, -0.2) is 13.9 Å². The van der Waals surface area contributed by atoms with Gasteiger partial charge >= 0.3 is 12.2 Å². The largest absolute Gasteiger partial charge is 0.491 e. The van der Waals surface area contributed by atoms with Crippen molar-refractivity contribution >= 4 is 11.7 Å². The van der Waals surface area contributed by atoms with E-state index in [9.17, 15) is 22.4 Å². The van der Waals surface area contributed by atoms with Gasteiger partial charge < -0.3 is 15.8 Å². The zero-order valence-electron chi connectivity index (χ0n) is 24.1. The molecule has 3 N–H and O–H groups in total. The number of amides is 2. The maximum atomic E-state index is 14.8. The maximum Gasteiger partial charge on any atom is 0.416 e. The molecule has 0 fully saturated rings. The van der Waals surface area contributed by atoms with Gasteiger partial charge in [0.25, 0.3) is 0 Å². The summed E-state index contributed by atoms with van der Waals surface area (Å²) in [5.74, 6) is 0.106. The second-order valence-electron chi connectivity index (χ2n) is 11.1. The minimum atomic E-state index is -4.61. The molecule has 0 atom stereocenters. The van der Waals surface area contributed by atoms with Gasteiger partial charge in [-0.1, -0.05) is 44.2 Å². The molecule has 7 nitrogen and oxygen atoms in total. The molecule has 11 heteroatoms. The minimum absolute atomic E-state index is 0.141. The number of nitrogens with two attached hydrogens (primary N) is 1. The molecule has 0 spiro atoms. The first kappa shape index (κ1) is 30.1. The number of para-hydroxylation sites is 1. The molecule has 0 saturated carbocycles. The number of anilines is 1. The van der Waals surface area contributed by atoms with Gasteiger partial charge in [-0.05, 0) is 48.7 Å². The Balaban J connectivity index is 1.56. The molecule has 0 aliphatic carbocycles. The SMILES string of the molecule is Cc1cccc(OCC(C)C)c1-n1nc2c(c1-c1ccc(NC(N)=O)cc1)CN(Cc1ccc(C(F)(F)F)cc1F)CC2. The van der Waals surface area contributed by atoms with Gasteiger partial charge in [0.1, 0.15) is 17.3 Å². The Morgan fingerprint density at radius 1 is 1.12 bits per heavy atom. The van der Waals surface area contributed by atoms with Gasteiger partial charge in [-0.2, -0.15) is 18.3 Å². The molecule has 1 aliphatic rings. The van der Waals surface area contributed by atoms with Gasteiger partial charge in [-0.15, -0.1) is 0 Å². The predicted octanol–water partition coefficient (Wildman–Crippen LogP) is 7.09. The number of alkyl halides is 3. The molecule has 0 saturated heterocycles. The molecule has 0 bridgehead atoms. The summed E-state index contributed by atoms with van der Waals surface area (Å²) in [6.45, 7) is 7.75. The van der Waals surface area contributed by atoms with Crippen LogP contribution in [0.1, 0.15) is 41.8 Å². The number of carbonyl (C=O) groups is 1. The van der Waals surface area contributed by atoms with Crippen LogP contribution in [0.5, 0.6) is 5.75 Å². The van der Waals surface area contributed by atoms with E-state index in [2.05, 4.69) is 19.2 Å². The highest BCUT2D eigenvalue weighted by atomic mass is 19.4. The van der Waals surface area contributed by atoms with Crippen LogP contribution in [0.4, 0.5) is 28.0 Å². The first-order valence-electron chi connectivity index (χ1n) is 14.0. The number of aromatic nitrogens is 2. The summed E-state index contributed by atoms with van der Waals surface area (Å²) in [6, 6.07) is 15.0. The highest BCUT2D eigenvalue weighted by Crippen LogP contribution is 2.38. The van der Waals surface area contributed by atoms with E-state index in [0.717, 1.165) is 39.8 Å². The molecule has 2 amide bonds. The van der Waals surface area contributed by atoms with Gasteiger partial charge in [0.15, 0.2) is 0 Å². The number of hydrogen-bond acceptors (Lipinski definition) is 4. The number of hydrogen-bond donors (Lipinski definition) is 2. The highest BCUT2D eigenvalue weighted by Gasteiger charge is 2.32. The predicted molar refractivity (Wildman–Crippen MR) is 156 cm³/mol. The van der Waals surface area contributed by atoms with Gasteiger partial charge in [0.2, 0.25) is 0 Å². The molecular weight excluding hydrogens is 562 g/mol. The lowest BCUT2D eigenvalue weighted by Gasteiger charge is -2.27. The molecule has 0 unspecified atom stereocenters. The standard InChI is InChI=1S/C32H33F4N5O2/c1-19(2)18-43-28-6-4-5-20(3)29(28)41-30(21-8-11-24(12-9-21)38-31(37)42)25-17-40(14-13-27(25)39-41)16-22-7-10-23(15-26(22)33)32(34,35)36/h4-12,15,19H,13-14,16-18H2,1-3H3,(H3,37,38,42). The van der Waals surface area contributed by atoms with E-state index in [4.69, 9.17) is 15.6 Å². The normalized spacial score (nSPS) is 13.7. The highest BCUT2D eigenvalue weighted by molar-refractivity contribution is 5.88.